The van der Waals surface area contributed by atoms with Crippen molar-refractivity contribution in [2.45, 2.75) is 44.2 Å². The quantitative estimate of drug-likeness (QED) is 0.229. The summed E-state index contributed by atoms with van der Waals surface area (Å²) >= 11 is 0. The molecule has 35 heavy (non-hydrogen) atoms. The summed E-state index contributed by atoms with van der Waals surface area (Å²) in [4.78, 5) is 19.8. The molecule has 1 aliphatic carbocycles. The number of methoxy groups -OCH3 is 1. The van der Waals surface area contributed by atoms with E-state index in [4.69, 9.17) is 19.5 Å². The average molecular weight is 487 g/mol. The number of nitriles is 1. The topological polar surface area (TPSA) is 165 Å². The van der Waals surface area contributed by atoms with Crippen molar-refractivity contribution in [3.63, 3.8) is 0 Å². The largest absolute Gasteiger partial charge is 0.487 e. The molecule has 0 radical (unpaired) electrons. The standard InChI is InChI=1S/C23H30N6O6/c1-23(30)7-5-17(6-8-23)26-22-19(35-12-11-34-10-9-33-2)13-18(29(31)32)21(28-22)27-20-4-3-16(14-24)15-25-20/h3-4,13,15,17,30H,5-12H2,1-2H3,(H2,25,26,27,28)/t17-,23+. The molecule has 0 atom stereocenters. The van der Waals surface area contributed by atoms with Gasteiger partial charge in [-0.25, -0.2) is 9.97 Å². The number of aromatic nitrogens is 2. The van der Waals surface area contributed by atoms with Crippen molar-refractivity contribution in [2.75, 3.05) is 44.2 Å². The molecule has 2 aromatic heterocycles. The molecular weight excluding hydrogens is 456 g/mol. The SMILES string of the molecule is COCCOCCOc1cc([N+](=O)[O-])c(Nc2ccc(C#N)cn2)nc1N[C@H]1CC[C@@](C)(O)CC1. The number of hydrogen-bond donors (Lipinski definition) is 3. The van der Waals surface area contributed by atoms with E-state index < -0.39 is 10.5 Å². The van der Waals surface area contributed by atoms with Crippen LogP contribution in [0.1, 0.15) is 38.2 Å². The first-order valence-electron chi connectivity index (χ1n) is 11.3. The molecule has 0 aromatic carbocycles. The van der Waals surface area contributed by atoms with E-state index in [0.717, 1.165) is 0 Å². The van der Waals surface area contributed by atoms with Crippen LogP contribution in [0.5, 0.6) is 5.75 Å². The van der Waals surface area contributed by atoms with Crippen LogP contribution in [-0.2, 0) is 9.47 Å². The van der Waals surface area contributed by atoms with Crippen LogP contribution < -0.4 is 15.4 Å². The Labute approximate surface area is 203 Å². The van der Waals surface area contributed by atoms with Crippen LogP contribution in [0.15, 0.2) is 24.4 Å². The van der Waals surface area contributed by atoms with E-state index >= 15 is 0 Å². The van der Waals surface area contributed by atoms with Gasteiger partial charge in [-0.2, -0.15) is 5.26 Å². The summed E-state index contributed by atoms with van der Waals surface area (Å²) in [7, 11) is 1.58. The summed E-state index contributed by atoms with van der Waals surface area (Å²) in [6.07, 6.45) is 4.04. The summed E-state index contributed by atoms with van der Waals surface area (Å²) < 4.78 is 16.1. The minimum atomic E-state index is -0.700. The van der Waals surface area contributed by atoms with Gasteiger partial charge in [0.1, 0.15) is 18.5 Å². The highest BCUT2D eigenvalue weighted by Gasteiger charge is 2.30. The summed E-state index contributed by atoms with van der Waals surface area (Å²) in [6, 6.07) is 6.40. The van der Waals surface area contributed by atoms with Crippen molar-refractivity contribution in [3.8, 4) is 11.8 Å². The Morgan fingerprint density at radius 3 is 2.63 bits per heavy atom. The summed E-state index contributed by atoms with van der Waals surface area (Å²) in [6.45, 7) is 3.12. The molecule has 0 bridgehead atoms. The van der Waals surface area contributed by atoms with Crippen molar-refractivity contribution >= 4 is 23.1 Å². The highest BCUT2D eigenvalue weighted by molar-refractivity contribution is 5.70. The van der Waals surface area contributed by atoms with E-state index in [9.17, 15) is 15.2 Å². The molecule has 1 aliphatic rings. The van der Waals surface area contributed by atoms with Crippen molar-refractivity contribution in [1.82, 2.24) is 9.97 Å². The van der Waals surface area contributed by atoms with Gasteiger partial charge >= 0.3 is 5.69 Å². The Kier molecular flexibility index (Phi) is 9.13. The fraction of sp³-hybridized carbons (Fsp3) is 0.522. The number of nitrogens with zero attached hydrogens (tertiary/aromatic N) is 4. The van der Waals surface area contributed by atoms with Crippen LogP contribution in [0.4, 0.5) is 23.1 Å². The maximum atomic E-state index is 11.8. The van der Waals surface area contributed by atoms with E-state index in [0.29, 0.717) is 56.1 Å². The van der Waals surface area contributed by atoms with Crippen LogP contribution in [0.2, 0.25) is 0 Å². The third-order valence-electron chi connectivity index (χ3n) is 5.62. The molecule has 3 rings (SSSR count). The van der Waals surface area contributed by atoms with Gasteiger partial charge < -0.3 is 30.0 Å². The molecule has 0 unspecified atom stereocenters. The predicted octanol–water partition coefficient (Wildman–Crippen LogP) is 3.15. The number of nitro groups is 1. The second-order valence-electron chi connectivity index (χ2n) is 8.50. The van der Waals surface area contributed by atoms with Crippen LogP contribution in [0.3, 0.4) is 0 Å². The van der Waals surface area contributed by atoms with Gasteiger partial charge in [0, 0.05) is 19.3 Å². The molecule has 1 saturated carbocycles. The summed E-state index contributed by atoms with van der Waals surface area (Å²) in [5.74, 6) is 0.860. The van der Waals surface area contributed by atoms with Gasteiger partial charge in [0.25, 0.3) is 0 Å². The minimum absolute atomic E-state index is 0.0128. The van der Waals surface area contributed by atoms with Gasteiger partial charge in [-0.05, 0) is 44.7 Å². The Balaban J connectivity index is 1.84. The Bertz CT molecular complexity index is 1030. The van der Waals surface area contributed by atoms with E-state index in [2.05, 4.69) is 20.6 Å². The molecule has 12 heteroatoms. The fourth-order valence-electron chi connectivity index (χ4n) is 3.62. The second-order valence-corrected chi connectivity index (χ2v) is 8.50. The second kappa shape index (κ2) is 12.3. The van der Waals surface area contributed by atoms with Crippen molar-refractivity contribution in [3.05, 3.63) is 40.1 Å². The number of anilines is 3. The highest BCUT2D eigenvalue weighted by Crippen LogP contribution is 2.37. The zero-order valence-electron chi connectivity index (χ0n) is 19.8. The molecule has 2 heterocycles. The summed E-state index contributed by atoms with van der Waals surface area (Å²) in [5.41, 5.74) is -0.623. The first-order chi connectivity index (χ1) is 16.8. The number of ether oxygens (including phenoxy) is 3. The maximum Gasteiger partial charge on any atom is 0.315 e. The number of hydrogen-bond acceptors (Lipinski definition) is 11. The molecule has 12 nitrogen and oxygen atoms in total. The van der Waals surface area contributed by atoms with E-state index in [1.165, 1.54) is 12.3 Å². The monoisotopic (exact) mass is 486 g/mol. The fourth-order valence-corrected chi connectivity index (χ4v) is 3.62. The molecular formula is C23H30N6O6. The highest BCUT2D eigenvalue weighted by atomic mass is 16.6. The summed E-state index contributed by atoms with van der Waals surface area (Å²) in [5, 5.41) is 37.2. The first-order valence-corrected chi connectivity index (χ1v) is 11.3. The van der Waals surface area contributed by atoms with E-state index in [1.54, 1.807) is 19.2 Å². The van der Waals surface area contributed by atoms with Crippen LogP contribution >= 0.6 is 0 Å². The molecule has 0 aliphatic heterocycles. The van der Waals surface area contributed by atoms with Crippen molar-refractivity contribution in [2.24, 2.45) is 0 Å². The van der Waals surface area contributed by atoms with Gasteiger partial charge in [0.2, 0.25) is 5.82 Å². The van der Waals surface area contributed by atoms with Gasteiger partial charge in [-0.1, -0.05) is 0 Å². The number of aliphatic hydroxyl groups is 1. The van der Waals surface area contributed by atoms with Crippen molar-refractivity contribution in [1.29, 1.82) is 5.26 Å². The van der Waals surface area contributed by atoms with Gasteiger partial charge in [0.05, 0.1) is 42.0 Å². The first kappa shape index (κ1) is 26.1. The molecule has 1 fully saturated rings. The third kappa shape index (κ3) is 7.74. The number of rotatable bonds is 12. The number of nitrogens with one attached hydrogen (secondary N) is 2. The Morgan fingerprint density at radius 2 is 2.00 bits per heavy atom. The zero-order valence-corrected chi connectivity index (χ0v) is 19.8. The van der Waals surface area contributed by atoms with Gasteiger partial charge in [-0.15, -0.1) is 0 Å². The number of pyridine rings is 2. The van der Waals surface area contributed by atoms with Gasteiger partial charge in [0.15, 0.2) is 11.6 Å². The minimum Gasteiger partial charge on any atom is -0.487 e. The molecule has 3 N–H and O–H groups in total. The lowest BCUT2D eigenvalue weighted by Gasteiger charge is -2.33. The molecule has 188 valence electrons. The molecule has 0 amide bonds. The van der Waals surface area contributed by atoms with Crippen LogP contribution in [0, 0.1) is 21.4 Å². The maximum absolute atomic E-state index is 11.8. The van der Waals surface area contributed by atoms with Gasteiger partial charge in [-0.3, -0.25) is 10.1 Å². The average Bonchev–Trinajstić information content (AvgIpc) is 2.84. The zero-order chi connectivity index (χ0) is 25.3. The van der Waals surface area contributed by atoms with Crippen LogP contribution in [-0.4, -0.2) is 65.2 Å². The normalized spacial score (nSPS) is 19.5. The van der Waals surface area contributed by atoms with E-state index in [1.807, 2.05) is 13.0 Å². The molecule has 0 saturated heterocycles. The lowest BCUT2D eigenvalue weighted by Crippen LogP contribution is -2.36. The molecule has 2 aromatic rings. The lowest BCUT2D eigenvalue weighted by atomic mass is 9.84. The van der Waals surface area contributed by atoms with Crippen molar-refractivity contribution < 1.29 is 24.2 Å². The third-order valence-corrected chi connectivity index (χ3v) is 5.62. The van der Waals surface area contributed by atoms with Crippen LogP contribution in [0.25, 0.3) is 0 Å². The Morgan fingerprint density at radius 1 is 1.26 bits per heavy atom. The lowest BCUT2D eigenvalue weighted by molar-refractivity contribution is -0.384. The smallest absolute Gasteiger partial charge is 0.315 e. The predicted molar refractivity (Wildman–Crippen MR) is 128 cm³/mol. The Hall–Kier alpha value is -3.53. The van der Waals surface area contributed by atoms with E-state index in [-0.39, 0.29) is 36.5 Å². The molecule has 0 spiro atoms.